The van der Waals surface area contributed by atoms with Gasteiger partial charge in [-0.2, -0.15) is 0 Å². The van der Waals surface area contributed by atoms with E-state index in [4.69, 9.17) is 5.73 Å². The van der Waals surface area contributed by atoms with Gasteiger partial charge in [0.05, 0.1) is 0 Å². The van der Waals surface area contributed by atoms with E-state index in [0.29, 0.717) is 18.0 Å². The highest BCUT2D eigenvalue weighted by Crippen LogP contribution is 2.30. The summed E-state index contributed by atoms with van der Waals surface area (Å²) in [4.78, 5) is 2.42. The molecule has 1 fully saturated rings. The molecule has 1 aliphatic carbocycles. The number of nitrogens with zero attached hydrogens (tertiary/aromatic N) is 1. The molecule has 0 spiro atoms. The maximum Gasteiger partial charge on any atom is 0.0437 e. The van der Waals surface area contributed by atoms with Crippen molar-refractivity contribution in [2.45, 2.75) is 64.5 Å². The van der Waals surface area contributed by atoms with Crippen LogP contribution in [0.25, 0.3) is 0 Å². The van der Waals surface area contributed by atoms with Crippen LogP contribution in [0, 0.1) is 6.92 Å². The fourth-order valence-corrected chi connectivity index (χ4v) is 3.17. The van der Waals surface area contributed by atoms with Crippen LogP contribution in [-0.2, 0) is 0 Å². The molecule has 19 heavy (non-hydrogen) atoms. The van der Waals surface area contributed by atoms with Gasteiger partial charge in [0.2, 0.25) is 0 Å². The molecule has 1 aromatic rings. The monoisotopic (exact) mass is 260 g/mol. The van der Waals surface area contributed by atoms with E-state index in [2.05, 4.69) is 50.9 Å². The average Bonchev–Trinajstić information content (AvgIpc) is 2.38. The minimum absolute atomic E-state index is 0.320. The molecule has 2 rings (SSSR count). The molecule has 0 saturated heterocycles. The Labute approximate surface area is 118 Å². The van der Waals surface area contributed by atoms with Crippen LogP contribution in [0.2, 0.25) is 0 Å². The minimum Gasteiger partial charge on any atom is -0.370 e. The van der Waals surface area contributed by atoms with E-state index >= 15 is 0 Å². The van der Waals surface area contributed by atoms with Crippen LogP contribution in [0.15, 0.2) is 18.2 Å². The first kappa shape index (κ1) is 14.4. The maximum absolute atomic E-state index is 6.32. The quantitative estimate of drug-likeness (QED) is 0.895. The molecule has 0 radical (unpaired) electrons. The number of aryl methyl sites for hydroxylation is 1. The van der Waals surface area contributed by atoms with Gasteiger partial charge in [0.1, 0.15) is 0 Å². The molecule has 2 unspecified atom stereocenters. The van der Waals surface area contributed by atoms with Crippen molar-refractivity contribution in [2.75, 3.05) is 11.9 Å². The third-order valence-corrected chi connectivity index (χ3v) is 4.56. The molecule has 2 heteroatoms. The van der Waals surface area contributed by atoms with E-state index in [1.54, 1.807) is 0 Å². The number of likely N-dealkylation sites (N-methyl/N-ethyl adjacent to an activating group) is 1. The van der Waals surface area contributed by atoms with Crippen LogP contribution in [0.3, 0.4) is 0 Å². The number of rotatable bonds is 3. The molecule has 106 valence electrons. The standard InChI is InChI=1S/C17H28N2/c1-12(2)14-10-9-13(3)17(11-14)19(4)16-8-6-5-7-15(16)18/h9-12,15-16H,5-8,18H2,1-4H3. The molecule has 0 heterocycles. The van der Waals surface area contributed by atoms with E-state index in [0.717, 1.165) is 6.42 Å². The normalized spacial score (nSPS) is 23.7. The van der Waals surface area contributed by atoms with E-state index < -0.39 is 0 Å². The topological polar surface area (TPSA) is 29.3 Å². The van der Waals surface area contributed by atoms with Crippen LogP contribution in [-0.4, -0.2) is 19.1 Å². The van der Waals surface area contributed by atoms with E-state index in [1.807, 2.05) is 0 Å². The summed E-state index contributed by atoms with van der Waals surface area (Å²) in [6, 6.07) is 7.66. The Morgan fingerprint density at radius 2 is 1.89 bits per heavy atom. The molecular weight excluding hydrogens is 232 g/mol. The molecule has 2 atom stereocenters. The molecule has 0 amide bonds. The van der Waals surface area contributed by atoms with Crippen molar-refractivity contribution in [2.24, 2.45) is 5.73 Å². The molecule has 2 N–H and O–H groups in total. The zero-order valence-corrected chi connectivity index (χ0v) is 12.8. The first-order chi connectivity index (χ1) is 9.00. The molecular formula is C17H28N2. The van der Waals surface area contributed by atoms with Gasteiger partial charge in [-0.3, -0.25) is 0 Å². The Bertz CT molecular complexity index is 425. The van der Waals surface area contributed by atoms with Crippen molar-refractivity contribution in [1.82, 2.24) is 0 Å². The predicted molar refractivity (Wildman–Crippen MR) is 83.9 cm³/mol. The van der Waals surface area contributed by atoms with Crippen LogP contribution < -0.4 is 10.6 Å². The van der Waals surface area contributed by atoms with Gasteiger partial charge in [-0.25, -0.2) is 0 Å². The van der Waals surface area contributed by atoms with Gasteiger partial charge in [-0.15, -0.1) is 0 Å². The summed E-state index contributed by atoms with van der Waals surface area (Å²) in [7, 11) is 2.21. The lowest BCUT2D eigenvalue weighted by Gasteiger charge is -2.38. The zero-order chi connectivity index (χ0) is 14.0. The van der Waals surface area contributed by atoms with Crippen molar-refractivity contribution < 1.29 is 0 Å². The van der Waals surface area contributed by atoms with Gasteiger partial charge < -0.3 is 10.6 Å². The fraction of sp³-hybridized carbons (Fsp3) is 0.647. The SMILES string of the molecule is Cc1ccc(C(C)C)cc1N(C)C1CCCCC1N. The predicted octanol–water partition coefficient (Wildman–Crippen LogP) is 3.82. The zero-order valence-electron chi connectivity index (χ0n) is 12.8. The Morgan fingerprint density at radius 3 is 2.53 bits per heavy atom. The van der Waals surface area contributed by atoms with Gasteiger partial charge in [-0.1, -0.05) is 38.8 Å². The highest BCUT2D eigenvalue weighted by atomic mass is 15.2. The molecule has 1 saturated carbocycles. The largest absolute Gasteiger partial charge is 0.370 e. The molecule has 1 aromatic carbocycles. The van der Waals surface area contributed by atoms with E-state index in [1.165, 1.54) is 36.1 Å². The Morgan fingerprint density at radius 1 is 1.21 bits per heavy atom. The number of benzene rings is 1. The average molecular weight is 260 g/mol. The lowest BCUT2D eigenvalue weighted by molar-refractivity contribution is 0.373. The summed E-state index contributed by atoms with van der Waals surface area (Å²) in [5.41, 5.74) is 10.4. The van der Waals surface area contributed by atoms with Crippen molar-refractivity contribution in [1.29, 1.82) is 0 Å². The third-order valence-electron chi connectivity index (χ3n) is 4.56. The minimum atomic E-state index is 0.320. The van der Waals surface area contributed by atoms with Gasteiger partial charge in [0, 0.05) is 24.8 Å². The number of nitrogens with two attached hydrogens (primary N) is 1. The molecule has 2 nitrogen and oxygen atoms in total. The first-order valence-electron chi connectivity index (χ1n) is 7.59. The van der Waals surface area contributed by atoms with Gasteiger partial charge in [0.25, 0.3) is 0 Å². The Balaban J connectivity index is 2.26. The summed E-state index contributed by atoms with van der Waals surface area (Å²) < 4.78 is 0. The Hall–Kier alpha value is -1.02. The highest BCUT2D eigenvalue weighted by molar-refractivity contribution is 5.56. The third kappa shape index (κ3) is 3.11. The summed E-state index contributed by atoms with van der Waals surface area (Å²) >= 11 is 0. The van der Waals surface area contributed by atoms with Crippen molar-refractivity contribution in [3.8, 4) is 0 Å². The molecule has 0 aromatic heterocycles. The Kier molecular flexibility index (Phi) is 4.51. The lowest BCUT2D eigenvalue weighted by atomic mass is 9.89. The van der Waals surface area contributed by atoms with Crippen molar-refractivity contribution >= 4 is 5.69 Å². The number of hydrogen-bond donors (Lipinski definition) is 1. The van der Waals surface area contributed by atoms with E-state index in [9.17, 15) is 0 Å². The first-order valence-corrected chi connectivity index (χ1v) is 7.59. The van der Waals surface area contributed by atoms with Crippen molar-refractivity contribution in [3.05, 3.63) is 29.3 Å². The second-order valence-electron chi connectivity index (χ2n) is 6.33. The molecule has 0 aliphatic heterocycles. The van der Waals surface area contributed by atoms with Crippen LogP contribution in [0.4, 0.5) is 5.69 Å². The van der Waals surface area contributed by atoms with Gasteiger partial charge in [0.15, 0.2) is 0 Å². The maximum atomic E-state index is 6.32. The summed E-state index contributed by atoms with van der Waals surface area (Å²) in [5.74, 6) is 0.577. The fourth-order valence-electron chi connectivity index (χ4n) is 3.17. The molecule has 1 aliphatic rings. The summed E-state index contributed by atoms with van der Waals surface area (Å²) in [6.07, 6.45) is 4.99. The van der Waals surface area contributed by atoms with Gasteiger partial charge >= 0.3 is 0 Å². The van der Waals surface area contributed by atoms with Crippen molar-refractivity contribution in [3.63, 3.8) is 0 Å². The molecule has 0 bridgehead atoms. The summed E-state index contributed by atoms with van der Waals surface area (Å²) in [6.45, 7) is 6.70. The second kappa shape index (κ2) is 5.96. The van der Waals surface area contributed by atoms with E-state index in [-0.39, 0.29) is 0 Å². The smallest absolute Gasteiger partial charge is 0.0437 e. The van der Waals surface area contributed by atoms with Gasteiger partial charge in [-0.05, 0) is 42.9 Å². The second-order valence-corrected chi connectivity index (χ2v) is 6.33. The number of anilines is 1. The highest BCUT2D eigenvalue weighted by Gasteiger charge is 2.26. The van der Waals surface area contributed by atoms with Crippen LogP contribution in [0.5, 0.6) is 0 Å². The lowest BCUT2D eigenvalue weighted by Crippen LogP contribution is -2.48. The van der Waals surface area contributed by atoms with Crippen LogP contribution in [0.1, 0.15) is 56.6 Å². The number of hydrogen-bond acceptors (Lipinski definition) is 2. The van der Waals surface area contributed by atoms with Crippen LogP contribution >= 0.6 is 0 Å². The summed E-state index contributed by atoms with van der Waals surface area (Å²) in [5, 5.41) is 0.